The smallest absolute Gasteiger partial charge is 0.323 e. The predicted molar refractivity (Wildman–Crippen MR) is 83.2 cm³/mol. The maximum atomic E-state index is 13.9. The molecular weight excluding hydrogens is 354 g/mol. The van der Waals surface area contributed by atoms with Crippen molar-refractivity contribution in [1.29, 1.82) is 0 Å². The number of pyridine rings is 1. The van der Waals surface area contributed by atoms with Gasteiger partial charge in [-0.3, -0.25) is 9.69 Å². The summed E-state index contributed by atoms with van der Waals surface area (Å²) in [6.45, 7) is -2.58. The summed E-state index contributed by atoms with van der Waals surface area (Å²) < 4.78 is 55.6. The summed E-state index contributed by atoms with van der Waals surface area (Å²) >= 11 is 0. The summed E-state index contributed by atoms with van der Waals surface area (Å²) in [5, 5.41) is 12.0. The van der Waals surface area contributed by atoms with E-state index < -0.39 is 36.4 Å². The number of rotatable bonds is 2. The summed E-state index contributed by atoms with van der Waals surface area (Å²) in [4.78, 5) is 17.7. The highest BCUT2D eigenvalue weighted by atomic mass is 19.3. The molecule has 1 aromatic carbocycles. The van der Waals surface area contributed by atoms with Gasteiger partial charge in [0.1, 0.15) is 11.6 Å². The van der Waals surface area contributed by atoms with E-state index in [1.165, 1.54) is 42.6 Å². The van der Waals surface area contributed by atoms with Crippen molar-refractivity contribution < 1.29 is 27.5 Å². The minimum absolute atomic E-state index is 0.106. The Morgan fingerprint density at radius 1 is 1.04 bits per heavy atom. The molecule has 0 spiro atoms. The average molecular weight is 367 g/mol. The van der Waals surface area contributed by atoms with E-state index in [0.29, 0.717) is 0 Å². The molecule has 3 heterocycles. The number of likely N-dealkylation sites (tertiary alicyclic amines) is 1. The van der Waals surface area contributed by atoms with Crippen molar-refractivity contribution in [3.05, 3.63) is 53.7 Å². The van der Waals surface area contributed by atoms with Gasteiger partial charge in [0.25, 0.3) is 5.91 Å². The fraction of sp³-hybridized carbons (Fsp3) is 0.294. The van der Waals surface area contributed by atoms with Crippen molar-refractivity contribution in [2.24, 2.45) is 0 Å². The molecule has 136 valence electrons. The van der Waals surface area contributed by atoms with Crippen LogP contribution in [0.2, 0.25) is 0 Å². The van der Waals surface area contributed by atoms with Gasteiger partial charge in [-0.1, -0.05) is 18.2 Å². The topological polar surface area (TPSA) is 65.5 Å². The van der Waals surface area contributed by atoms with Crippen LogP contribution in [0.15, 0.2) is 42.6 Å². The van der Waals surface area contributed by atoms with E-state index >= 15 is 0 Å². The number of aromatic nitrogens is 1. The Kier molecular flexibility index (Phi) is 3.33. The molecule has 5 nitrogen and oxygen atoms in total. The molecule has 2 aliphatic heterocycles. The molecule has 0 bridgehead atoms. The van der Waals surface area contributed by atoms with Crippen LogP contribution in [-0.2, 0) is 10.3 Å². The first-order chi connectivity index (χ1) is 12.2. The third-order valence-electron chi connectivity index (χ3n) is 4.83. The van der Waals surface area contributed by atoms with E-state index in [1.54, 1.807) is 0 Å². The van der Waals surface area contributed by atoms with Gasteiger partial charge in [0.05, 0.1) is 13.1 Å². The lowest BCUT2D eigenvalue weighted by molar-refractivity contribution is -0.172. The van der Waals surface area contributed by atoms with Crippen molar-refractivity contribution in [3.63, 3.8) is 0 Å². The molecule has 1 unspecified atom stereocenters. The summed E-state index contributed by atoms with van der Waals surface area (Å²) in [6, 6.07) is 8.23. The van der Waals surface area contributed by atoms with E-state index in [-0.39, 0.29) is 22.7 Å². The monoisotopic (exact) mass is 367 g/mol. The van der Waals surface area contributed by atoms with Crippen LogP contribution < -0.4 is 5.32 Å². The molecule has 2 aliphatic rings. The van der Waals surface area contributed by atoms with Crippen LogP contribution in [0, 0.1) is 0 Å². The molecule has 1 fully saturated rings. The van der Waals surface area contributed by atoms with Crippen molar-refractivity contribution in [2.75, 3.05) is 18.4 Å². The minimum atomic E-state index is -4.28. The van der Waals surface area contributed by atoms with Crippen molar-refractivity contribution in [3.8, 4) is 5.75 Å². The maximum Gasteiger partial charge on any atom is 0.323 e. The Hall–Kier alpha value is -2.68. The van der Waals surface area contributed by atoms with Crippen LogP contribution in [0.25, 0.3) is 0 Å². The maximum absolute atomic E-state index is 13.9. The zero-order valence-corrected chi connectivity index (χ0v) is 13.2. The second-order valence-corrected chi connectivity index (χ2v) is 6.38. The Balaban J connectivity index is 1.96. The zero-order chi connectivity index (χ0) is 18.7. The number of amides is 1. The lowest BCUT2D eigenvalue weighted by Crippen LogP contribution is -2.51. The second kappa shape index (κ2) is 5.16. The SMILES string of the molecule is O=C1Nc2ncccc2C1(c1ccc(O)cc1)N1CC(F)(F)C(F)(F)C1. The largest absolute Gasteiger partial charge is 0.508 e. The third kappa shape index (κ3) is 2.06. The van der Waals surface area contributed by atoms with E-state index in [1.807, 2.05) is 0 Å². The number of halogens is 4. The van der Waals surface area contributed by atoms with Crippen LogP contribution in [0.4, 0.5) is 23.4 Å². The molecule has 1 saturated heterocycles. The van der Waals surface area contributed by atoms with Gasteiger partial charge in [0, 0.05) is 11.8 Å². The van der Waals surface area contributed by atoms with Gasteiger partial charge in [0.15, 0.2) is 5.54 Å². The molecule has 0 radical (unpaired) electrons. The lowest BCUT2D eigenvalue weighted by atomic mass is 9.83. The average Bonchev–Trinajstić information content (AvgIpc) is 2.98. The quantitative estimate of drug-likeness (QED) is 0.801. The first kappa shape index (κ1) is 16.8. The standard InChI is InChI=1S/C17H13F4N3O2/c18-15(19)8-24(9-16(15,20)21)17(10-3-5-11(25)6-4-10)12-2-1-7-22-13(12)23-14(17)26/h1-7,25H,8-9H2,(H,22,23,26). The molecular formula is C17H13F4N3O2. The summed E-state index contributed by atoms with van der Waals surface area (Å²) in [7, 11) is 0. The molecule has 1 amide bonds. The fourth-order valence-corrected chi connectivity index (χ4v) is 3.61. The van der Waals surface area contributed by atoms with Crippen LogP contribution in [0.1, 0.15) is 11.1 Å². The van der Waals surface area contributed by atoms with Crippen LogP contribution in [0.5, 0.6) is 5.75 Å². The van der Waals surface area contributed by atoms with E-state index in [4.69, 9.17) is 0 Å². The molecule has 0 aliphatic carbocycles. The fourth-order valence-electron chi connectivity index (χ4n) is 3.61. The van der Waals surface area contributed by atoms with Crippen LogP contribution >= 0.6 is 0 Å². The van der Waals surface area contributed by atoms with E-state index in [9.17, 15) is 27.5 Å². The number of hydrogen-bond donors (Lipinski definition) is 2. The number of phenolic OH excluding ortho intramolecular Hbond substituents is 1. The second-order valence-electron chi connectivity index (χ2n) is 6.38. The molecule has 0 saturated carbocycles. The third-order valence-corrected chi connectivity index (χ3v) is 4.83. The van der Waals surface area contributed by atoms with Crippen molar-refractivity contribution in [1.82, 2.24) is 9.88 Å². The predicted octanol–water partition coefficient (Wildman–Crippen LogP) is 2.57. The number of nitrogens with one attached hydrogen (secondary N) is 1. The highest BCUT2D eigenvalue weighted by Crippen LogP contribution is 2.51. The summed E-state index contributed by atoms with van der Waals surface area (Å²) in [6.07, 6.45) is 1.40. The molecule has 9 heteroatoms. The van der Waals surface area contributed by atoms with Gasteiger partial charge in [-0.05, 0) is 23.8 Å². The van der Waals surface area contributed by atoms with Crippen molar-refractivity contribution >= 4 is 11.7 Å². The number of benzene rings is 1. The highest BCUT2D eigenvalue weighted by molar-refractivity contribution is 6.07. The van der Waals surface area contributed by atoms with E-state index in [2.05, 4.69) is 10.3 Å². The lowest BCUT2D eigenvalue weighted by Gasteiger charge is -2.36. The summed E-state index contributed by atoms with van der Waals surface area (Å²) in [5.74, 6) is -9.27. The Morgan fingerprint density at radius 2 is 1.65 bits per heavy atom. The van der Waals surface area contributed by atoms with Gasteiger partial charge in [-0.2, -0.15) is 17.6 Å². The van der Waals surface area contributed by atoms with Gasteiger partial charge >= 0.3 is 11.8 Å². The molecule has 1 atom stereocenters. The Bertz CT molecular complexity index is 872. The Morgan fingerprint density at radius 3 is 2.27 bits per heavy atom. The number of anilines is 1. The molecule has 2 aromatic rings. The normalized spacial score (nSPS) is 26.5. The number of aromatic hydroxyl groups is 1. The number of phenols is 1. The number of alkyl halides is 4. The number of hydrogen-bond acceptors (Lipinski definition) is 4. The molecule has 4 rings (SSSR count). The number of nitrogens with zero attached hydrogens (tertiary/aromatic N) is 2. The van der Waals surface area contributed by atoms with Crippen LogP contribution in [-0.4, -0.2) is 45.8 Å². The van der Waals surface area contributed by atoms with E-state index in [0.717, 1.165) is 4.90 Å². The number of carbonyl (C=O) groups is 1. The number of fused-ring (bicyclic) bond motifs is 1. The zero-order valence-electron chi connectivity index (χ0n) is 13.2. The van der Waals surface area contributed by atoms with Gasteiger partial charge < -0.3 is 10.4 Å². The first-order valence-electron chi connectivity index (χ1n) is 7.76. The van der Waals surface area contributed by atoms with Crippen molar-refractivity contribution in [2.45, 2.75) is 17.4 Å². The first-order valence-corrected chi connectivity index (χ1v) is 7.76. The molecule has 2 N–H and O–H groups in total. The van der Waals surface area contributed by atoms with Gasteiger partial charge in [0.2, 0.25) is 0 Å². The highest BCUT2D eigenvalue weighted by Gasteiger charge is 2.68. The summed E-state index contributed by atoms with van der Waals surface area (Å²) in [5.41, 5.74) is -1.49. The molecule has 26 heavy (non-hydrogen) atoms. The number of carbonyl (C=O) groups excluding carboxylic acids is 1. The van der Waals surface area contributed by atoms with Gasteiger partial charge in [-0.25, -0.2) is 4.98 Å². The van der Waals surface area contributed by atoms with Crippen LogP contribution in [0.3, 0.4) is 0 Å². The Labute approximate surface area is 145 Å². The van der Waals surface area contributed by atoms with Gasteiger partial charge in [-0.15, -0.1) is 0 Å². The molecule has 1 aromatic heterocycles. The minimum Gasteiger partial charge on any atom is -0.508 e.